The number of benzene rings is 1. The molecule has 146 valence electrons. The van der Waals surface area contributed by atoms with Gasteiger partial charge in [-0.25, -0.2) is 13.2 Å². The quantitative estimate of drug-likeness (QED) is 0.814. The molecule has 2 aromatic rings. The van der Waals surface area contributed by atoms with E-state index in [1.165, 1.54) is 4.31 Å². The lowest BCUT2D eigenvalue weighted by molar-refractivity contribution is 0.231. The lowest BCUT2D eigenvalue weighted by atomic mass is 10.1. The number of urea groups is 1. The average Bonchev–Trinajstić information content (AvgIpc) is 3.00. The highest BCUT2D eigenvalue weighted by Crippen LogP contribution is 2.28. The van der Waals surface area contributed by atoms with E-state index >= 15 is 0 Å². The van der Waals surface area contributed by atoms with Gasteiger partial charge in [0.05, 0.1) is 0 Å². The van der Waals surface area contributed by atoms with Crippen LogP contribution < -0.4 is 10.6 Å². The second kappa shape index (κ2) is 8.10. The van der Waals surface area contributed by atoms with Crippen LogP contribution in [0.15, 0.2) is 39.8 Å². The lowest BCUT2D eigenvalue weighted by Crippen LogP contribution is -2.50. The Labute approximate surface area is 159 Å². The second-order valence-electron chi connectivity index (χ2n) is 6.62. The van der Waals surface area contributed by atoms with Gasteiger partial charge in [-0.05, 0) is 38.8 Å². The maximum Gasteiger partial charge on any atom is 0.319 e. The fourth-order valence-electron chi connectivity index (χ4n) is 3.36. The largest absolute Gasteiger partial charge is 0.360 e. The SMILES string of the molecule is Cc1noc(C)c1S(=O)(=O)N1CCCCC1CNC(=O)Nc1ccccc1. The third-order valence-electron chi connectivity index (χ3n) is 4.64. The van der Waals surface area contributed by atoms with E-state index in [-0.39, 0.29) is 29.3 Å². The van der Waals surface area contributed by atoms with Gasteiger partial charge in [0.15, 0.2) is 5.76 Å². The van der Waals surface area contributed by atoms with Gasteiger partial charge in [0.1, 0.15) is 10.6 Å². The number of nitrogens with one attached hydrogen (secondary N) is 2. The van der Waals surface area contributed by atoms with Crippen molar-refractivity contribution in [1.29, 1.82) is 0 Å². The predicted molar refractivity (Wildman–Crippen MR) is 101 cm³/mol. The van der Waals surface area contributed by atoms with Crippen LogP contribution in [0.3, 0.4) is 0 Å². The number of aromatic nitrogens is 1. The highest BCUT2D eigenvalue weighted by molar-refractivity contribution is 7.89. The van der Waals surface area contributed by atoms with Crippen molar-refractivity contribution >= 4 is 21.7 Å². The number of piperidine rings is 1. The number of aryl methyl sites for hydroxylation is 2. The van der Waals surface area contributed by atoms with Crippen molar-refractivity contribution in [2.75, 3.05) is 18.4 Å². The first-order chi connectivity index (χ1) is 12.9. The predicted octanol–water partition coefficient (Wildman–Crippen LogP) is 2.66. The molecular weight excluding hydrogens is 368 g/mol. The summed E-state index contributed by atoms with van der Waals surface area (Å²) < 4.78 is 32.8. The summed E-state index contributed by atoms with van der Waals surface area (Å²) in [7, 11) is -3.73. The molecule has 0 spiro atoms. The lowest BCUT2D eigenvalue weighted by Gasteiger charge is -2.34. The van der Waals surface area contributed by atoms with Gasteiger partial charge in [-0.3, -0.25) is 0 Å². The fourth-order valence-corrected chi connectivity index (χ4v) is 5.35. The zero-order valence-corrected chi connectivity index (χ0v) is 16.3. The van der Waals surface area contributed by atoms with E-state index < -0.39 is 10.0 Å². The van der Waals surface area contributed by atoms with Gasteiger partial charge in [0.25, 0.3) is 0 Å². The van der Waals surface area contributed by atoms with E-state index in [4.69, 9.17) is 4.52 Å². The Kier molecular flexibility index (Phi) is 5.81. The molecule has 1 fully saturated rings. The van der Waals surface area contributed by atoms with Crippen molar-refractivity contribution in [1.82, 2.24) is 14.8 Å². The molecule has 3 rings (SSSR count). The molecule has 1 atom stereocenters. The van der Waals surface area contributed by atoms with Gasteiger partial charge in [0, 0.05) is 24.8 Å². The molecule has 8 nitrogen and oxygen atoms in total. The molecule has 0 saturated carbocycles. The Morgan fingerprint density at radius 3 is 2.67 bits per heavy atom. The summed E-state index contributed by atoms with van der Waals surface area (Å²) in [6, 6.07) is 8.43. The molecule has 1 saturated heterocycles. The standard InChI is InChI=1S/C18H24N4O4S/c1-13-17(14(2)26-21-13)27(24,25)22-11-7-6-10-16(22)12-19-18(23)20-15-8-4-3-5-9-15/h3-5,8-9,16H,6-7,10-12H2,1-2H3,(H2,19,20,23). The monoisotopic (exact) mass is 392 g/mol. The van der Waals surface area contributed by atoms with Crippen molar-refractivity contribution in [3.63, 3.8) is 0 Å². The van der Waals surface area contributed by atoms with E-state index in [0.29, 0.717) is 24.3 Å². The van der Waals surface area contributed by atoms with Gasteiger partial charge in [-0.1, -0.05) is 29.8 Å². The Bertz CT molecular complexity index is 876. The summed E-state index contributed by atoms with van der Waals surface area (Å²) in [5, 5.41) is 9.28. The third kappa shape index (κ3) is 4.30. The molecule has 0 bridgehead atoms. The number of hydrogen-bond acceptors (Lipinski definition) is 5. The number of sulfonamides is 1. The summed E-state index contributed by atoms with van der Waals surface area (Å²) in [6.07, 6.45) is 2.39. The summed E-state index contributed by atoms with van der Waals surface area (Å²) in [6.45, 7) is 3.87. The number of nitrogens with zero attached hydrogens (tertiary/aromatic N) is 2. The fraction of sp³-hybridized carbons (Fsp3) is 0.444. The molecule has 2 heterocycles. The molecular formula is C18H24N4O4S. The normalized spacial score (nSPS) is 18.2. The van der Waals surface area contributed by atoms with Crippen LogP contribution in [0.5, 0.6) is 0 Å². The van der Waals surface area contributed by atoms with Crippen LogP contribution >= 0.6 is 0 Å². The van der Waals surface area contributed by atoms with Gasteiger partial charge in [-0.2, -0.15) is 4.31 Å². The van der Waals surface area contributed by atoms with Gasteiger partial charge in [-0.15, -0.1) is 0 Å². The number of anilines is 1. The Balaban J connectivity index is 1.69. The second-order valence-corrected chi connectivity index (χ2v) is 8.45. The maximum absolute atomic E-state index is 13.1. The Morgan fingerprint density at radius 2 is 2.00 bits per heavy atom. The molecule has 1 aliphatic rings. The van der Waals surface area contributed by atoms with Gasteiger partial charge >= 0.3 is 6.03 Å². The molecule has 2 amide bonds. The van der Waals surface area contributed by atoms with Crippen LogP contribution in [0.25, 0.3) is 0 Å². The van der Waals surface area contributed by atoms with Crippen molar-refractivity contribution in [2.24, 2.45) is 0 Å². The minimum atomic E-state index is -3.73. The summed E-state index contributed by atoms with van der Waals surface area (Å²) >= 11 is 0. The molecule has 2 N–H and O–H groups in total. The first-order valence-electron chi connectivity index (χ1n) is 8.94. The van der Waals surface area contributed by atoms with Gasteiger partial charge in [0.2, 0.25) is 10.0 Å². The van der Waals surface area contributed by atoms with Crippen molar-refractivity contribution in [3.8, 4) is 0 Å². The Hall–Kier alpha value is -2.39. The van der Waals surface area contributed by atoms with Crippen LogP contribution in [0.4, 0.5) is 10.5 Å². The number of amides is 2. The van der Waals surface area contributed by atoms with Crippen molar-refractivity contribution in [2.45, 2.75) is 44.0 Å². The molecule has 0 aliphatic carbocycles. The third-order valence-corrected chi connectivity index (χ3v) is 6.83. The molecule has 9 heteroatoms. The number of hydrogen-bond donors (Lipinski definition) is 2. The Morgan fingerprint density at radius 1 is 1.26 bits per heavy atom. The molecule has 1 aliphatic heterocycles. The average molecular weight is 392 g/mol. The highest BCUT2D eigenvalue weighted by atomic mass is 32.2. The topological polar surface area (TPSA) is 105 Å². The summed E-state index contributed by atoms with van der Waals surface area (Å²) in [4.78, 5) is 12.3. The summed E-state index contributed by atoms with van der Waals surface area (Å²) in [5.41, 5.74) is 1.03. The zero-order valence-electron chi connectivity index (χ0n) is 15.4. The van der Waals surface area contributed by atoms with Crippen LogP contribution in [0.1, 0.15) is 30.7 Å². The number of rotatable bonds is 5. The van der Waals surface area contributed by atoms with Crippen molar-refractivity contribution < 1.29 is 17.7 Å². The smallest absolute Gasteiger partial charge is 0.319 e. The van der Waals surface area contributed by atoms with E-state index in [1.54, 1.807) is 26.0 Å². The minimum Gasteiger partial charge on any atom is -0.360 e. The molecule has 0 radical (unpaired) electrons. The molecule has 27 heavy (non-hydrogen) atoms. The first-order valence-corrected chi connectivity index (χ1v) is 10.4. The van der Waals surface area contributed by atoms with E-state index in [9.17, 15) is 13.2 Å². The number of para-hydroxylation sites is 1. The molecule has 1 aromatic heterocycles. The van der Waals surface area contributed by atoms with Crippen molar-refractivity contribution in [3.05, 3.63) is 41.8 Å². The first kappa shape index (κ1) is 19.4. The number of carbonyl (C=O) groups is 1. The zero-order chi connectivity index (χ0) is 19.4. The van der Waals surface area contributed by atoms with Crippen LogP contribution in [-0.4, -0.2) is 43.0 Å². The van der Waals surface area contributed by atoms with Crippen LogP contribution in [-0.2, 0) is 10.0 Å². The number of carbonyl (C=O) groups excluding carboxylic acids is 1. The van der Waals surface area contributed by atoms with Gasteiger partial charge < -0.3 is 15.2 Å². The van der Waals surface area contributed by atoms with E-state index in [0.717, 1.165) is 12.8 Å². The maximum atomic E-state index is 13.1. The summed E-state index contributed by atoms with van der Waals surface area (Å²) in [5.74, 6) is 0.284. The highest BCUT2D eigenvalue weighted by Gasteiger charge is 2.37. The van der Waals surface area contributed by atoms with E-state index in [1.807, 2.05) is 18.2 Å². The van der Waals surface area contributed by atoms with E-state index in [2.05, 4.69) is 15.8 Å². The minimum absolute atomic E-state index is 0.128. The molecule has 1 unspecified atom stereocenters. The molecule has 1 aromatic carbocycles. The van der Waals surface area contributed by atoms with Crippen LogP contribution in [0.2, 0.25) is 0 Å². The van der Waals surface area contributed by atoms with Crippen LogP contribution in [0, 0.1) is 13.8 Å².